The van der Waals surface area contributed by atoms with Crippen molar-refractivity contribution in [2.75, 3.05) is 0 Å². The third-order valence-corrected chi connectivity index (χ3v) is 3.01. The van der Waals surface area contributed by atoms with E-state index in [9.17, 15) is 18.0 Å². The Morgan fingerprint density at radius 1 is 1.31 bits per heavy atom. The lowest BCUT2D eigenvalue weighted by Gasteiger charge is -2.31. The minimum absolute atomic E-state index is 0.0297. The monoisotopic (exact) mass is 237 g/mol. The van der Waals surface area contributed by atoms with E-state index in [2.05, 4.69) is 5.32 Å². The van der Waals surface area contributed by atoms with Gasteiger partial charge in [0, 0.05) is 12.0 Å². The Labute approximate surface area is 93.6 Å². The lowest BCUT2D eigenvalue weighted by atomic mass is 9.85. The number of halogens is 3. The molecule has 1 N–H and O–H groups in total. The maximum absolute atomic E-state index is 12.5. The molecule has 1 saturated carbocycles. The van der Waals surface area contributed by atoms with Crippen LogP contribution in [0.2, 0.25) is 0 Å². The second-order valence-electron chi connectivity index (χ2n) is 4.77. The average Bonchev–Trinajstić information content (AvgIpc) is 2.16. The van der Waals surface area contributed by atoms with Gasteiger partial charge in [-0.25, -0.2) is 0 Å². The lowest BCUT2D eigenvalue weighted by Crippen LogP contribution is -2.43. The van der Waals surface area contributed by atoms with Gasteiger partial charge in [-0.2, -0.15) is 13.2 Å². The van der Waals surface area contributed by atoms with Crippen LogP contribution in [0.1, 0.15) is 39.5 Å². The number of alkyl halides is 3. The van der Waals surface area contributed by atoms with Gasteiger partial charge in [-0.05, 0) is 19.3 Å². The largest absolute Gasteiger partial charge is 0.391 e. The first-order chi connectivity index (χ1) is 7.30. The predicted molar refractivity (Wildman–Crippen MR) is 54.8 cm³/mol. The summed E-state index contributed by atoms with van der Waals surface area (Å²) in [5, 5.41) is 2.68. The molecule has 2 unspecified atom stereocenters. The minimum atomic E-state index is -4.12. The minimum Gasteiger partial charge on any atom is -0.353 e. The van der Waals surface area contributed by atoms with E-state index in [0.29, 0.717) is 12.8 Å². The Bertz CT molecular complexity index is 250. The SMILES string of the molecule is CC(C)C(=O)NC1CCCC(C(F)(F)F)C1. The molecular weight excluding hydrogens is 219 g/mol. The summed E-state index contributed by atoms with van der Waals surface area (Å²) in [6.45, 7) is 3.47. The molecule has 0 aromatic rings. The highest BCUT2D eigenvalue weighted by molar-refractivity contribution is 5.78. The van der Waals surface area contributed by atoms with Crippen LogP contribution in [0.15, 0.2) is 0 Å². The molecule has 0 radical (unpaired) electrons. The maximum atomic E-state index is 12.5. The van der Waals surface area contributed by atoms with Gasteiger partial charge >= 0.3 is 6.18 Å². The standard InChI is InChI=1S/C11H18F3NO/c1-7(2)10(16)15-9-5-3-4-8(6-9)11(12,13)14/h7-9H,3-6H2,1-2H3,(H,15,16). The van der Waals surface area contributed by atoms with Crippen LogP contribution in [0.5, 0.6) is 0 Å². The first-order valence-corrected chi connectivity index (χ1v) is 5.67. The first kappa shape index (κ1) is 13.3. The van der Waals surface area contributed by atoms with Gasteiger partial charge < -0.3 is 5.32 Å². The smallest absolute Gasteiger partial charge is 0.353 e. The van der Waals surface area contributed by atoms with E-state index >= 15 is 0 Å². The van der Waals surface area contributed by atoms with Crippen molar-refractivity contribution >= 4 is 5.91 Å². The van der Waals surface area contributed by atoms with E-state index in [1.54, 1.807) is 13.8 Å². The van der Waals surface area contributed by atoms with Crippen LogP contribution in [-0.4, -0.2) is 18.1 Å². The van der Waals surface area contributed by atoms with Crippen molar-refractivity contribution < 1.29 is 18.0 Å². The summed E-state index contributed by atoms with van der Waals surface area (Å²) in [6, 6.07) is -0.310. The quantitative estimate of drug-likeness (QED) is 0.786. The number of carbonyl (C=O) groups is 1. The molecule has 1 rings (SSSR count). The van der Waals surface area contributed by atoms with Gasteiger partial charge in [0.1, 0.15) is 0 Å². The zero-order valence-electron chi connectivity index (χ0n) is 9.60. The highest BCUT2D eigenvalue weighted by atomic mass is 19.4. The molecule has 5 heteroatoms. The fourth-order valence-corrected chi connectivity index (χ4v) is 1.99. The number of nitrogens with one attached hydrogen (secondary N) is 1. The Kier molecular flexibility index (Phi) is 4.21. The number of rotatable bonds is 2. The molecular formula is C11H18F3NO. The zero-order chi connectivity index (χ0) is 12.3. The van der Waals surface area contributed by atoms with Crippen LogP contribution in [0.3, 0.4) is 0 Å². The van der Waals surface area contributed by atoms with Crippen molar-refractivity contribution in [3.8, 4) is 0 Å². The molecule has 0 spiro atoms. The molecule has 0 aliphatic heterocycles. The van der Waals surface area contributed by atoms with Crippen molar-refractivity contribution in [3.63, 3.8) is 0 Å². The number of hydrogen-bond donors (Lipinski definition) is 1. The Hall–Kier alpha value is -0.740. The zero-order valence-corrected chi connectivity index (χ0v) is 9.60. The third kappa shape index (κ3) is 3.68. The molecule has 2 nitrogen and oxygen atoms in total. The third-order valence-electron chi connectivity index (χ3n) is 3.01. The number of carbonyl (C=O) groups excluding carboxylic acids is 1. The van der Waals surface area contributed by atoms with Gasteiger partial charge in [0.05, 0.1) is 5.92 Å². The Morgan fingerprint density at radius 3 is 2.44 bits per heavy atom. The molecule has 16 heavy (non-hydrogen) atoms. The molecule has 94 valence electrons. The maximum Gasteiger partial charge on any atom is 0.391 e. The predicted octanol–water partition coefficient (Wildman–Crippen LogP) is 2.88. The van der Waals surface area contributed by atoms with Crippen LogP contribution in [0, 0.1) is 11.8 Å². The van der Waals surface area contributed by atoms with Crippen LogP contribution < -0.4 is 5.32 Å². The van der Waals surface area contributed by atoms with E-state index in [1.807, 2.05) is 0 Å². The number of amides is 1. The molecule has 0 bridgehead atoms. The number of hydrogen-bond acceptors (Lipinski definition) is 1. The van der Waals surface area contributed by atoms with Gasteiger partial charge in [-0.1, -0.05) is 20.3 Å². The second kappa shape index (κ2) is 5.06. The highest BCUT2D eigenvalue weighted by Gasteiger charge is 2.42. The van der Waals surface area contributed by atoms with E-state index in [4.69, 9.17) is 0 Å². The summed E-state index contributed by atoms with van der Waals surface area (Å²) < 4.78 is 37.5. The van der Waals surface area contributed by atoms with Crippen LogP contribution in [0.25, 0.3) is 0 Å². The van der Waals surface area contributed by atoms with Crippen molar-refractivity contribution in [2.45, 2.75) is 51.7 Å². The molecule has 1 aliphatic rings. The van der Waals surface area contributed by atoms with Crippen molar-refractivity contribution in [2.24, 2.45) is 11.8 Å². The fourth-order valence-electron chi connectivity index (χ4n) is 1.99. The van der Waals surface area contributed by atoms with Crippen molar-refractivity contribution in [1.29, 1.82) is 0 Å². The second-order valence-corrected chi connectivity index (χ2v) is 4.77. The van der Waals surface area contributed by atoms with Gasteiger partial charge in [-0.3, -0.25) is 4.79 Å². The molecule has 1 aliphatic carbocycles. The molecule has 0 aromatic carbocycles. The fraction of sp³-hybridized carbons (Fsp3) is 0.909. The van der Waals surface area contributed by atoms with Gasteiger partial charge in [0.25, 0.3) is 0 Å². The summed E-state index contributed by atoms with van der Waals surface area (Å²) in [7, 11) is 0. The molecule has 1 amide bonds. The summed E-state index contributed by atoms with van der Waals surface area (Å²) in [5.41, 5.74) is 0. The molecule has 0 aromatic heterocycles. The first-order valence-electron chi connectivity index (χ1n) is 5.67. The van der Waals surface area contributed by atoms with Gasteiger partial charge in [0.15, 0.2) is 0 Å². The van der Waals surface area contributed by atoms with Crippen molar-refractivity contribution in [3.05, 3.63) is 0 Å². The summed E-state index contributed by atoms with van der Waals surface area (Å²) >= 11 is 0. The summed E-state index contributed by atoms with van der Waals surface area (Å²) in [5.74, 6) is -1.59. The normalized spacial score (nSPS) is 26.9. The molecule has 2 atom stereocenters. The van der Waals surface area contributed by atoms with Gasteiger partial charge in [0.2, 0.25) is 5.91 Å². The van der Waals surface area contributed by atoms with Crippen LogP contribution in [0.4, 0.5) is 13.2 Å². The van der Waals surface area contributed by atoms with Gasteiger partial charge in [-0.15, -0.1) is 0 Å². The average molecular weight is 237 g/mol. The summed E-state index contributed by atoms with van der Waals surface area (Å²) in [4.78, 5) is 11.4. The van der Waals surface area contributed by atoms with E-state index in [1.165, 1.54) is 0 Å². The van der Waals surface area contributed by atoms with E-state index in [-0.39, 0.29) is 30.7 Å². The van der Waals surface area contributed by atoms with Crippen LogP contribution in [-0.2, 0) is 4.79 Å². The lowest BCUT2D eigenvalue weighted by molar-refractivity contribution is -0.184. The molecule has 0 saturated heterocycles. The molecule has 1 fully saturated rings. The van der Waals surface area contributed by atoms with E-state index in [0.717, 1.165) is 0 Å². The summed E-state index contributed by atoms with van der Waals surface area (Å²) in [6.07, 6.45) is -2.71. The van der Waals surface area contributed by atoms with E-state index < -0.39 is 12.1 Å². The Balaban J connectivity index is 2.48. The topological polar surface area (TPSA) is 29.1 Å². The molecule has 0 heterocycles. The Morgan fingerprint density at radius 2 is 1.94 bits per heavy atom. The van der Waals surface area contributed by atoms with Crippen molar-refractivity contribution in [1.82, 2.24) is 5.32 Å². The highest BCUT2D eigenvalue weighted by Crippen LogP contribution is 2.37. The van der Waals surface area contributed by atoms with Crippen LogP contribution >= 0.6 is 0 Å².